The number of carbonyl (C=O) groups excluding carboxylic acids is 1. The molecule has 2 aromatic rings. The highest BCUT2D eigenvalue weighted by molar-refractivity contribution is 7.99. The van der Waals surface area contributed by atoms with Crippen LogP contribution in [0.4, 0.5) is 5.69 Å². The Labute approximate surface area is 162 Å². The second-order valence-corrected chi connectivity index (χ2v) is 6.86. The molecule has 1 amide bonds. The van der Waals surface area contributed by atoms with E-state index in [2.05, 4.69) is 5.32 Å². The van der Waals surface area contributed by atoms with Crippen LogP contribution in [0.2, 0.25) is 0 Å². The largest absolute Gasteiger partial charge is 0.497 e. The fraction of sp³-hybridized carbons (Fsp3) is 0.316. The molecule has 7 nitrogen and oxygen atoms in total. The summed E-state index contributed by atoms with van der Waals surface area (Å²) in [5, 5.41) is 13.5. The van der Waals surface area contributed by atoms with Gasteiger partial charge >= 0.3 is 0 Å². The molecule has 0 bridgehead atoms. The van der Waals surface area contributed by atoms with E-state index in [0.717, 1.165) is 11.3 Å². The fourth-order valence-electron chi connectivity index (χ4n) is 2.23. The summed E-state index contributed by atoms with van der Waals surface area (Å²) in [5.41, 5.74) is 1.00. The molecule has 144 valence electrons. The van der Waals surface area contributed by atoms with Crippen LogP contribution in [0.15, 0.2) is 48.5 Å². The van der Waals surface area contributed by atoms with E-state index in [4.69, 9.17) is 9.47 Å². The van der Waals surface area contributed by atoms with Gasteiger partial charge in [-0.2, -0.15) is 0 Å². The highest BCUT2D eigenvalue weighted by Crippen LogP contribution is 2.18. The van der Waals surface area contributed by atoms with Gasteiger partial charge in [-0.3, -0.25) is 14.9 Å². The van der Waals surface area contributed by atoms with Crippen LogP contribution in [0.1, 0.15) is 12.5 Å². The number of carbonyl (C=O) groups is 1. The van der Waals surface area contributed by atoms with Crippen molar-refractivity contribution in [3.63, 3.8) is 0 Å². The molecule has 0 aliphatic heterocycles. The van der Waals surface area contributed by atoms with Gasteiger partial charge in [0.2, 0.25) is 5.91 Å². The molecule has 0 radical (unpaired) electrons. The zero-order valence-electron chi connectivity index (χ0n) is 15.2. The number of benzene rings is 2. The molecular formula is C19H22N2O5S. The minimum Gasteiger partial charge on any atom is -0.497 e. The Morgan fingerprint density at radius 3 is 2.37 bits per heavy atom. The molecule has 2 rings (SSSR count). The molecule has 0 fully saturated rings. The lowest BCUT2D eigenvalue weighted by Gasteiger charge is -2.15. The first-order valence-electron chi connectivity index (χ1n) is 8.35. The molecule has 0 heterocycles. The molecule has 8 heteroatoms. The van der Waals surface area contributed by atoms with E-state index in [1.807, 2.05) is 31.2 Å². The molecular weight excluding hydrogens is 368 g/mol. The Bertz CT molecular complexity index is 750. The smallest absolute Gasteiger partial charge is 0.269 e. The van der Waals surface area contributed by atoms with Gasteiger partial charge in [0.1, 0.15) is 18.1 Å². The highest BCUT2D eigenvalue weighted by atomic mass is 32.2. The van der Waals surface area contributed by atoms with E-state index in [1.165, 1.54) is 23.9 Å². The van der Waals surface area contributed by atoms with Crippen LogP contribution in [0.25, 0.3) is 0 Å². The van der Waals surface area contributed by atoms with E-state index in [0.29, 0.717) is 23.9 Å². The van der Waals surface area contributed by atoms with Crippen LogP contribution in [-0.2, 0) is 10.5 Å². The number of ether oxygens (including phenoxy) is 2. The lowest BCUT2D eigenvalue weighted by atomic mass is 10.2. The van der Waals surface area contributed by atoms with Gasteiger partial charge in [0, 0.05) is 17.9 Å². The summed E-state index contributed by atoms with van der Waals surface area (Å²) in [6, 6.07) is 13.5. The number of hydrogen-bond donors (Lipinski definition) is 1. The van der Waals surface area contributed by atoms with Crippen LogP contribution in [0.5, 0.6) is 11.5 Å². The first kappa shape index (κ1) is 20.6. The number of rotatable bonds is 10. The van der Waals surface area contributed by atoms with Crippen molar-refractivity contribution in [1.29, 1.82) is 0 Å². The van der Waals surface area contributed by atoms with Gasteiger partial charge in [-0.25, -0.2) is 0 Å². The Balaban J connectivity index is 1.66. The van der Waals surface area contributed by atoms with Crippen molar-refractivity contribution in [2.45, 2.75) is 18.7 Å². The van der Waals surface area contributed by atoms with Gasteiger partial charge in [0.15, 0.2) is 0 Å². The predicted octanol–water partition coefficient (Wildman–Crippen LogP) is 3.42. The zero-order valence-corrected chi connectivity index (χ0v) is 16.0. The number of nitrogens with one attached hydrogen (secondary N) is 1. The maximum atomic E-state index is 12.0. The first-order valence-corrected chi connectivity index (χ1v) is 9.50. The first-order chi connectivity index (χ1) is 13.0. The van der Waals surface area contributed by atoms with Crippen LogP contribution in [0.3, 0.4) is 0 Å². The average molecular weight is 390 g/mol. The summed E-state index contributed by atoms with van der Waals surface area (Å²) in [4.78, 5) is 22.2. The number of hydrogen-bond acceptors (Lipinski definition) is 6. The van der Waals surface area contributed by atoms with Crippen molar-refractivity contribution in [3.8, 4) is 11.5 Å². The molecule has 2 aromatic carbocycles. The second-order valence-electron chi connectivity index (χ2n) is 5.87. The lowest BCUT2D eigenvalue weighted by Crippen LogP contribution is -2.37. The molecule has 27 heavy (non-hydrogen) atoms. The van der Waals surface area contributed by atoms with E-state index in [1.54, 1.807) is 19.2 Å². The minimum atomic E-state index is -0.431. The standard InChI is InChI=1S/C19H22N2O5S/c1-14(11-26-18-9-7-17(25-2)8-10-18)20-19(22)13-27-12-15-3-5-16(6-4-15)21(23)24/h3-10,14H,11-13H2,1-2H3,(H,20,22). The summed E-state index contributed by atoms with van der Waals surface area (Å²) in [7, 11) is 1.60. The van der Waals surface area contributed by atoms with E-state index in [-0.39, 0.29) is 17.6 Å². The van der Waals surface area contributed by atoms with E-state index in [9.17, 15) is 14.9 Å². The summed E-state index contributed by atoms with van der Waals surface area (Å²) in [5.74, 6) is 2.32. The summed E-state index contributed by atoms with van der Waals surface area (Å²) < 4.78 is 10.7. The van der Waals surface area contributed by atoms with Crippen molar-refractivity contribution < 1.29 is 19.2 Å². The summed E-state index contributed by atoms with van der Waals surface area (Å²) >= 11 is 1.45. The van der Waals surface area contributed by atoms with Crippen molar-refractivity contribution in [1.82, 2.24) is 5.32 Å². The van der Waals surface area contributed by atoms with Crippen LogP contribution in [-0.4, -0.2) is 36.3 Å². The Morgan fingerprint density at radius 1 is 1.15 bits per heavy atom. The normalized spacial score (nSPS) is 11.5. The minimum absolute atomic E-state index is 0.0622. The Morgan fingerprint density at radius 2 is 1.78 bits per heavy atom. The number of methoxy groups -OCH3 is 1. The van der Waals surface area contributed by atoms with E-state index < -0.39 is 4.92 Å². The molecule has 1 N–H and O–H groups in total. The number of nitrogens with zero attached hydrogens (tertiary/aromatic N) is 1. The summed E-state index contributed by atoms with van der Waals surface area (Å²) in [6.07, 6.45) is 0. The highest BCUT2D eigenvalue weighted by Gasteiger charge is 2.09. The van der Waals surface area contributed by atoms with Crippen molar-refractivity contribution in [2.75, 3.05) is 19.5 Å². The van der Waals surface area contributed by atoms with Crippen molar-refractivity contribution >= 4 is 23.4 Å². The Kier molecular flexibility index (Phi) is 7.94. The van der Waals surface area contributed by atoms with Gasteiger partial charge in [-0.15, -0.1) is 11.8 Å². The number of nitro benzene ring substituents is 1. The molecule has 0 spiro atoms. The molecule has 1 unspecified atom stereocenters. The topological polar surface area (TPSA) is 90.7 Å². The summed E-state index contributed by atoms with van der Waals surface area (Å²) in [6.45, 7) is 2.24. The fourth-order valence-corrected chi connectivity index (χ4v) is 3.03. The number of non-ortho nitro benzene ring substituents is 1. The lowest BCUT2D eigenvalue weighted by molar-refractivity contribution is -0.384. The third-order valence-electron chi connectivity index (χ3n) is 3.62. The Hall–Kier alpha value is -2.74. The van der Waals surface area contributed by atoms with Gasteiger partial charge < -0.3 is 14.8 Å². The van der Waals surface area contributed by atoms with Gasteiger partial charge in [0.25, 0.3) is 5.69 Å². The van der Waals surface area contributed by atoms with Crippen molar-refractivity contribution in [2.24, 2.45) is 0 Å². The molecule has 0 aromatic heterocycles. The molecule has 0 saturated carbocycles. The maximum Gasteiger partial charge on any atom is 0.269 e. The van der Waals surface area contributed by atoms with Gasteiger partial charge in [0.05, 0.1) is 23.8 Å². The quantitative estimate of drug-likeness (QED) is 0.494. The van der Waals surface area contributed by atoms with Crippen LogP contribution < -0.4 is 14.8 Å². The van der Waals surface area contributed by atoms with Crippen LogP contribution in [0, 0.1) is 10.1 Å². The van der Waals surface area contributed by atoms with Gasteiger partial charge in [-0.05, 0) is 36.8 Å². The number of amides is 1. The van der Waals surface area contributed by atoms with Gasteiger partial charge in [-0.1, -0.05) is 12.1 Å². The zero-order chi connectivity index (χ0) is 19.6. The SMILES string of the molecule is COc1ccc(OCC(C)NC(=O)CSCc2ccc([N+](=O)[O-])cc2)cc1. The third kappa shape index (κ3) is 7.18. The molecule has 0 saturated heterocycles. The second kappa shape index (κ2) is 10.4. The predicted molar refractivity (Wildman–Crippen MR) is 105 cm³/mol. The molecule has 0 aliphatic rings. The van der Waals surface area contributed by atoms with Crippen molar-refractivity contribution in [3.05, 3.63) is 64.2 Å². The third-order valence-corrected chi connectivity index (χ3v) is 4.62. The average Bonchev–Trinajstić information content (AvgIpc) is 2.67. The monoisotopic (exact) mass is 390 g/mol. The van der Waals surface area contributed by atoms with Crippen LogP contribution >= 0.6 is 11.8 Å². The molecule has 1 atom stereocenters. The number of thioether (sulfide) groups is 1. The molecule has 0 aliphatic carbocycles. The van der Waals surface area contributed by atoms with E-state index >= 15 is 0 Å². The number of nitro groups is 1. The maximum absolute atomic E-state index is 12.0.